The number of benzene rings is 3. The molecule has 2 heterocycles. The third-order valence-electron chi connectivity index (χ3n) is 7.00. The lowest BCUT2D eigenvalue weighted by Crippen LogP contribution is -2.51. The predicted molar refractivity (Wildman–Crippen MR) is 131 cm³/mol. The summed E-state index contributed by atoms with van der Waals surface area (Å²) in [6, 6.07) is 21.9. The van der Waals surface area contributed by atoms with Crippen LogP contribution in [0.3, 0.4) is 0 Å². The maximum Gasteiger partial charge on any atom is 0.326 e. The van der Waals surface area contributed by atoms with Crippen molar-refractivity contribution in [2.24, 2.45) is 0 Å². The van der Waals surface area contributed by atoms with Gasteiger partial charge in [0.15, 0.2) is 0 Å². The van der Waals surface area contributed by atoms with E-state index >= 15 is 0 Å². The summed E-state index contributed by atoms with van der Waals surface area (Å²) < 4.78 is 5.30. The first kappa shape index (κ1) is 22.4. The van der Waals surface area contributed by atoms with Crippen LogP contribution in [0.5, 0.6) is 5.75 Å². The van der Waals surface area contributed by atoms with Gasteiger partial charge in [0.2, 0.25) is 0 Å². The molecule has 0 spiro atoms. The van der Waals surface area contributed by atoms with Crippen LogP contribution >= 0.6 is 0 Å². The molecule has 1 N–H and O–H groups in total. The Morgan fingerprint density at radius 3 is 2.41 bits per heavy atom. The van der Waals surface area contributed by atoms with Gasteiger partial charge in [0, 0.05) is 32.7 Å². The van der Waals surface area contributed by atoms with Gasteiger partial charge in [-0.3, -0.25) is 14.6 Å². The molecule has 2 fully saturated rings. The molecule has 0 aromatic heterocycles. The number of imide groups is 1. The molecular formula is C27H30N4O3. The van der Waals surface area contributed by atoms with Gasteiger partial charge in [0.25, 0.3) is 5.91 Å². The van der Waals surface area contributed by atoms with Crippen LogP contribution in [-0.4, -0.2) is 66.6 Å². The smallest absolute Gasteiger partial charge is 0.326 e. The lowest BCUT2D eigenvalue weighted by molar-refractivity contribution is -0.132. The predicted octanol–water partition coefficient (Wildman–Crippen LogP) is 3.39. The van der Waals surface area contributed by atoms with E-state index in [1.165, 1.54) is 21.2 Å². The molecule has 7 heteroatoms. The molecule has 0 aliphatic carbocycles. The molecule has 176 valence electrons. The van der Waals surface area contributed by atoms with Crippen LogP contribution in [0.1, 0.15) is 18.1 Å². The Bertz CT molecular complexity index is 1220. The third kappa shape index (κ3) is 4.13. The van der Waals surface area contributed by atoms with E-state index in [0.29, 0.717) is 18.0 Å². The molecule has 0 radical (unpaired) electrons. The molecule has 0 saturated carbocycles. The minimum Gasteiger partial charge on any atom is -0.497 e. The van der Waals surface area contributed by atoms with Gasteiger partial charge in [0.1, 0.15) is 11.3 Å². The maximum absolute atomic E-state index is 13.3. The number of hydrogen-bond acceptors (Lipinski definition) is 5. The van der Waals surface area contributed by atoms with E-state index in [9.17, 15) is 9.59 Å². The summed E-state index contributed by atoms with van der Waals surface area (Å²) in [6.07, 6.45) is 0. The highest BCUT2D eigenvalue weighted by Crippen LogP contribution is 2.31. The van der Waals surface area contributed by atoms with Gasteiger partial charge in [-0.15, -0.1) is 0 Å². The fourth-order valence-electron chi connectivity index (χ4n) is 4.92. The molecule has 0 bridgehead atoms. The molecule has 5 rings (SSSR count). The number of carbonyl (C=O) groups is 2. The second-order valence-corrected chi connectivity index (χ2v) is 9.19. The SMILES string of the molecule is COc1cccc([C@]2(C)NC(=O)N(CN3CCN(Cc4cccc5ccccc45)CC3)C2=O)c1. The van der Waals surface area contributed by atoms with Crippen LogP contribution in [0.15, 0.2) is 66.7 Å². The standard InChI is InChI=1S/C27H30N4O3/c1-27(22-10-6-11-23(17-22)34-2)25(32)31(26(33)28-27)19-30-15-13-29(14-16-30)18-21-9-5-8-20-7-3-4-12-24(20)21/h3-12,17H,13-16,18-19H2,1-2H3,(H,28,33)/t27-/m0/s1. The average Bonchev–Trinajstić information content (AvgIpc) is 3.09. The zero-order valence-electron chi connectivity index (χ0n) is 19.7. The zero-order chi connectivity index (χ0) is 23.7. The summed E-state index contributed by atoms with van der Waals surface area (Å²) in [6.45, 7) is 6.33. The minimum absolute atomic E-state index is 0.232. The molecule has 3 aromatic rings. The Morgan fingerprint density at radius 1 is 0.912 bits per heavy atom. The van der Waals surface area contributed by atoms with Crippen molar-refractivity contribution in [1.29, 1.82) is 0 Å². The highest BCUT2D eigenvalue weighted by atomic mass is 16.5. The Morgan fingerprint density at radius 2 is 1.62 bits per heavy atom. The van der Waals surface area contributed by atoms with Crippen molar-refractivity contribution in [2.45, 2.75) is 19.0 Å². The number of nitrogens with one attached hydrogen (secondary N) is 1. The molecule has 2 aliphatic heterocycles. The average molecular weight is 459 g/mol. The van der Waals surface area contributed by atoms with Crippen molar-refractivity contribution in [3.8, 4) is 5.75 Å². The van der Waals surface area contributed by atoms with E-state index in [1.807, 2.05) is 18.2 Å². The van der Waals surface area contributed by atoms with Crippen LogP contribution in [0.4, 0.5) is 4.79 Å². The molecule has 7 nitrogen and oxygen atoms in total. The minimum atomic E-state index is -1.10. The van der Waals surface area contributed by atoms with Crippen molar-refractivity contribution in [3.05, 3.63) is 77.9 Å². The van der Waals surface area contributed by atoms with Crippen LogP contribution in [-0.2, 0) is 16.9 Å². The number of amides is 3. The molecule has 2 aliphatic rings. The van der Waals surface area contributed by atoms with E-state index in [0.717, 1.165) is 32.7 Å². The Kier molecular flexibility index (Phi) is 5.98. The number of carbonyl (C=O) groups excluding carboxylic acids is 2. The van der Waals surface area contributed by atoms with E-state index in [1.54, 1.807) is 20.1 Å². The van der Waals surface area contributed by atoms with Gasteiger partial charge in [0.05, 0.1) is 13.8 Å². The number of piperazine rings is 1. The number of hydrogen-bond donors (Lipinski definition) is 1. The van der Waals surface area contributed by atoms with Crippen LogP contribution in [0.2, 0.25) is 0 Å². The normalized spacial score (nSPS) is 21.8. The van der Waals surface area contributed by atoms with E-state index in [2.05, 4.69) is 57.6 Å². The first-order valence-electron chi connectivity index (χ1n) is 11.7. The second kappa shape index (κ2) is 9.08. The summed E-state index contributed by atoms with van der Waals surface area (Å²) >= 11 is 0. The number of urea groups is 1. The summed E-state index contributed by atoms with van der Waals surface area (Å²) in [5, 5.41) is 5.45. The molecule has 2 saturated heterocycles. The molecule has 3 aromatic carbocycles. The van der Waals surface area contributed by atoms with Crippen molar-refractivity contribution < 1.29 is 14.3 Å². The fraction of sp³-hybridized carbons (Fsp3) is 0.333. The number of rotatable bonds is 6. The summed E-state index contributed by atoms with van der Waals surface area (Å²) in [5.41, 5.74) is 0.948. The monoisotopic (exact) mass is 458 g/mol. The van der Waals surface area contributed by atoms with Gasteiger partial charge in [-0.2, -0.15) is 0 Å². The largest absolute Gasteiger partial charge is 0.497 e. The molecule has 1 atom stereocenters. The van der Waals surface area contributed by atoms with Crippen molar-refractivity contribution in [1.82, 2.24) is 20.0 Å². The Hall–Kier alpha value is -3.42. The Balaban J connectivity index is 1.21. The zero-order valence-corrected chi connectivity index (χ0v) is 19.7. The highest BCUT2D eigenvalue weighted by Gasteiger charge is 2.49. The quantitative estimate of drug-likeness (QED) is 0.574. The molecular weight excluding hydrogens is 428 g/mol. The molecule has 34 heavy (non-hydrogen) atoms. The summed E-state index contributed by atoms with van der Waals surface area (Å²) in [4.78, 5) is 32.0. The number of methoxy groups -OCH3 is 1. The van der Waals surface area contributed by atoms with Gasteiger partial charge in [-0.1, -0.05) is 54.6 Å². The first-order valence-corrected chi connectivity index (χ1v) is 11.7. The van der Waals surface area contributed by atoms with Crippen molar-refractivity contribution in [2.75, 3.05) is 40.0 Å². The van der Waals surface area contributed by atoms with E-state index in [4.69, 9.17) is 4.74 Å². The van der Waals surface area contributed by atoms with Crippen molar-refractivity contribution >= 4 is 22.7 Å². The van der Waals surface area contributed by atoms with Gasteiger partial charge < -0.3 is 10.1 Å². The molecule has 0 unspecified atom stereocenters. The molecule has 3 amide bonds. The number of fused-ring (bicyclic) bond motifs is 1. The van der Waals surface area contributed by atoms with E-state index in [-0.39, 0.29) is 11.9 Å². The summed E-state index contributed by atoms with van der Waals surface area (Å²) in [5.74, 6) is 0.422. The third-order valence-corrected chi connectivity index (χ3v) is 7.00. The lowest BCUT2D eigenvalue weighted by Gasteiger charge is -2.36. The van der Waals surface area contributed by atoms with Gasteiger partial charge >= 0.3 is 6.03 Å². The maximum atomic E-state index is 13.3. The number of ether oxygens (including phenoxy) is 1. The fourth-order valence-corrected chi connectivity index (χ4v) is 4.92. The van der Waals surface area contributed by atoms with Gasteiger partial charge in [-0.25, -0.2) is 9.69 Å². The second-order valence-electron chi connectivity index (χ2n) is 9.19. The van der Waals surface area contributed by atoms with Gasteiger partial charge in [-0.05, 0) is 41.0 Å². The first-order chi connectivity index (χ1) is 16.5. The van der Waals surface area contributed by atoms with Crippen LogP contribution in [0.25, 0.3) is 10.8 Å². The topological polar surface area (TPSA) is 65.1 Å². The van der Waals surface area contributed by atoms with Crippen LogP contribution < -0.4 is 10.1 Å². The summed E-state index contributed by atoms with van der Waals surface area (Å²) in [7, 11) is 1.59. The van der Waals surface area contributed by atoms with Crippen molar-refractivity contribution in [3.63, 3.8) is 0 Å². The lowest BCUT2D eigenvalue weighted by atomic mass is 9.92. The highest BCUT2D eigenvalue weighted by molar-refractivity contribution is 6.07. The Labute approximate surface area is 199 Å². The van der Waals surface area contributed by atoms with E-state index < -0.39 is 5.54 Å². The number of nitrogens with zero attached hydrogens (tertiary/aromatic N) is 3. The van der Waals surface area contributed by atoms with Crippen LogP contribution in [0, 0.1) is 0 Å².